The first kappa shape index (κ1) is 45.6. The summed E-state index contributed by atoms with van der Waals surface area (Å²) < 4.78 is 129. The highest BCUT2D eigenvalue weighted by molar-refractivity contribution is 7.89. The topological polar surface area (TPSA) is 137 Å². The van der Waals surface area contributed by atoms with E-state index in [1.807, 2.05) is 4.90 Å². The molecule has 0 unspecified atom stereocenters. The van der Waals surface area contributed by atoms with Gasteiger partial charge in [0.15, 0.2) is 15.7 Å². The van der Waals surface area contributed by atoms with Gasteiger partial charge in [0.1, 0.15) is 63.0 Å². The zero-order chi connectivity index (χ0) is 46.9. The molecule has 5 heterocycles. The summed E-state index contributed by atoms with van der Waals surface area (Å²) in [6.45, 7) is 8.11. The van der Waals surface area contributed by atoms with Crippen LogP contribution in [0.1, 0.15) is 68.6 Å². The maximum atomic E-state index is 17.7. The molecule has 3 aromatic carbocycles. The Labute approximate surface area is 373 Å². The van der Waals surface area contributed by atoms with Crippen molar-refractivity contribution in [1.29, 1.82) is 0 Å². The summed E-state index contributed by atoms with van der Waals surface area (Å²) in [6, 6.07) is 13.1. The van der Waals surface area contributed by atoms with E-state index in [0.717, 1.165) is 19.2 Å². The number of aromatic nitrogens is 3. The predicted molar refractivity (Wildman–Crippen MR) is 233 cm³/mol. The van der Waals surface area contributed by atoms with Gasteiger partial charge < -0.3 is 28.7 Å². The molecule has 2 saturated heterocycles. The lowest BCUT2D eigenvalue weighted by Gasteiger charge is -2.48. The fourth-order valence-corrected chi connectivity index (χ4v) is 9.85. The van der Waals surface area contributed by atoms with Crippen LogP contribution in [0.4, 0.5) is 38.3 Å². The SMILES string of the molecule is COc1ccc(CN(Cc2ccc(OC)cc2)c2cc(-c3nc4c5c(nc(CS(C)(=O)=O)nc5c3F)N3C[C@H]5CC[C@@H]([C@H]3[C@H](C)O4)N5C(=O)OC(C)(C)C)c(C(F)(F)F)c(C)c2F)cc1. The van der Waals surface area contributed by atoms with E-state index >= 15 is 22.0 Å². The number of halogens is 5. The molecule has 346 valence electrons. The van der Waals surface area contributed by atoms with Gasteiger partial charge in [0.05, 0.1) is 43.6 Å². The Balaban J connectivity index is 1.33. The minimum absolute atomic E-state index is 0.00181. The second-order valence-electron chi connectivity index (χ2n) is 17.8. The second-order valence-corrected chi connectivity index (χ2v) is 19.9. The number of methoxy groups -OCH3 is 2. The summed E-state index contributed by atoms with van der Waals surface area (Å²) in [6.07, 6.45) is -4.53. The average Bonchev–Trinajstić information content (AvgIpc) is 3.47. The molecular weight excluding hydrogens is 876 g/mol. The van der Waals surface area contributed by atoms with Crippen LogP contribution in [0.2, 0.25) is 0 Å². The third kappa shape index (κ3) is 8.90. The minimum atomic E-state index is -5.22. The van der Waals surface area contributed by atoms with Gasteiger partial charge in [0, 0.05) is 31.5 Å². The molecule has 0 spiro atoms. The van der Waals surface area contributed by atoms with Crippen LogP contribution in [0, 0.1) is 18.6 Å². The number of piperazine rings is 1. The molecule has 0 saturated carbocycles. The van der Waals surface area contributed by atoms with Gasteiger partial charge in [-0.1, -0.05) is 24.3 Å². The van der Waals surface area contributed by atoms with Gasteiger partial charge in [-0.3, -0.25) is 4.90 Å². The van der Waals surface area contributed by atoms with E-state index in [2.05, 4.69) is 15.0 Å². The van der Waals surface area contributed by atoms with E-state index in [9.17, 15) is 13.2 Å². The second kappa shape index (κ2) is 16.8. The van der Waals surface area contributed by atoms with Gasteiger partial charge >= 0.3 is 12.3 Å². The number of alkyl halides is 3. The van der Waals surface area contributed by atoms with Gasteiger partial charge in [-0.15, -0.1) is 0 Å². The number of hydrogen-bond donors (Lipinski definition) is 0. The van der Waals surface area contributed by atoms with Crippen molar-refractivity contribution in [3.05, 3.63) is 94.3 Å². The fourth-order valence-electron chi connectivity index (χ4n) is 9.25. The third-order valence-electron chi connectivity index (χ3n) is 12.0. The molecule has 5 aromatic rings. The predicted octanol–water partition coefficient (Wildman–Crippen LogP) is 8.80. The molecular formula is C46H49F5N6O7S. The normalized spacial score (nSPS) is 19.4. The van der Waals surface area contributed by atoms with E-state index in [4.69, 9.17) is 18.9 Å². The zero-order valence-electron chi connectivity index (χ0n) is 37.1. The Morgan fingerprint density at radius 3 is 2.05 bits per heavy atom. The number of rotatable bonds is 10. The van der Waals surface area contributed by atoms with Crippen molar-refractivity contribution in [3.8, 4) is 28.6 Å². The van der Waals surface area contributed by atoms with Crippen LogP contribution in [-0.2, 0) is 39.6 Å². The van der Waals surface area contributed by atoms with Crippen LogP contribution in [0.15, 0.2) is 54.6 Å². The number of ether oxygens (including phenoxy) is 4. The van der Waals surface area contributed by atoms with Crippen LogP contribution in [0.5, 0.6) is 17.4 Å². The van der Waals surface area contributed by atoms with Crippen molar-refractivity contribution in [1.82, 2.24) is 19.9 Å². The molecule has 3 aliphatic rings. The van der Waals surface area contributed by atoms with Crippen molar-refractivity contribution < 1.29 is 54.1 Å². The highest BCUT2D eigenvalue weighted by Crippen LogP contribution is 2.49. The van der Waals surface area contributed by atoms with Crippen LogP contribution >= 0.6 is 0 Å². The van der Waals surface area contributed by atoms with E-state index in [0.29, 0.717) is 35.5 Å². The lowest BCUT2D eigenvalue weighted by atomic mass is 9.95. The molecule has 2 bridgehead atoms. The highest BCUT2D eigenvalue weighted by atomic mass is 32.2. The Morgan fingerprint density at radius 2 is 1.51 bits per heavy atom. The van der Waals surface area contributed by atoms with Gasteiger partial charge in [-0.25, -0.2) is 36.9 Å². The average molecular weight is 925 g/mol. The summed E-state index contributed by atoms with van der Waals surface area (Å²) in [5.74, 6) is -2.70. The van der Waals surface area contributed by atoms with Crippen molar-refractivity contribution in [2.45, 2.75) is 102 Å². The number of carbonyl (C=O) groups excluding carboxylic acids is 1. The summed E-state index contributed by atoms with van der Waals surface area (Å²) in [5.41, 5.74) is -4.22. The largest absolute Gasteiger partial charge is 0.497 e. The van der Waals surface area contributed by atoms with Gasteiger partial charge in [0.2, 0.25) is 5.88 Å². The standard InChI is InChI=1S/C46H49F5N6O7S/c1-24-36(46(49,50)51)31(19-33(37(24)47)55(20-26-9-14-29(61-6)15-10-26)21-27-11-16-30(62-7)17-12-27)39-38(48)40-35-42(53-34(52-40)23-65(8,59)60)56-22-28-13-18-32(41(56)25(2)63-43(35)54-39)57(28)44(58)64-45(3,4)5/h9-12,14-17,19,25,28,32,41H,13,18,20-23H2,1-8H3/t25-,28+,32-,41+/m0/s1. The molecule has 2 fully saturated rings. The molecule has 0 N–H and O–H groups in total. The van der Waals surface area contributed by atoms with Crippen LogP contribution in [0.3, 0.4) is 0 Å². The molecule has 19 heteroatoms. The first-order valence-corrected chi connectivity index (χ1v) is 23.0. The molecule has 8 rings (SSSR count). The number of pyridine rings is 1. The summed E-state index contributed by atoms with van der Waals surface area (Å²) in [5, 5.41) is -0.0868. The Morgan fingerprint density at radius 1 is 0.908 bits per heavy atom. The number of benzene rings is 3. The first-order chi connectivity index (χ1) is 30.5. The highest BCUT2D eigenvalue weighted by Gasteiger charge is 2.54. The van der Waals surface area contributed by atoms with Crippen molar-refractivity contribution in [2.75, 3.05) is 36.8 Å². The van der Waals surface area contributed by atoms with E-state index in [-0.39, 0.29) is 54.3 Å². The van der Waals surface area contributed by atoms with Crippen LogP contribution < -0.4 is 24.0 Å². The van der Waals surface area contributed by atoms with E-state index in [1.54, 1.807) is 81.1 Å². The zero-order valence-corrected chi connectivity index (χ0v) is 37.9. The lowest BCUT2D eigenvalue weighted by molar-refractivity contribution is -0.137. The molecule has 4 atom stereocenters. The number of sulfone groups is 1. The fraction of sp³-hybridized carbons (Fsp3) is 0.435. The Kier molecular flexibility index (Phi) is 11.8. The summed E-state index contributed by atoms with van der Waals surface area (Å²) >= 11 is 0. The van der Waals surface area contributed by atoms with E-state index < -0.39 is 91.2 Å². The van der Waals surface area contributed by atoms with Crippen molar-refractivity contribution in [3.63, 3.8) is 0 Å². The monoisotopic (exact) mass is 924 g/mol. The number of hydrogen-bond acceptors (Lipinski definition) is 12. The number of carbonyl (C=O) groups is 1. The molecule has 3 aliphatic heterocycles. The van der Waals surface area contributed by atoms with Crippen LogP contribution in [-0.4, -0.2) is 91.2 Å². The van der Waals surface area contributed by atoms with Crippen LogP contribution in [0.25, 0.3) is 22.2 Å². The minimum Gasteiger partial charge on any atom is -0.497 e. The molecule has 0 radical (unpaired) electrons. The van der Waals surface area contributed by atoms with E-state index in [1.165, 1.54) is 19.1 Å². The lowest BCUT2D eigenvalue weighted by Crippen LogP contribution is -2.65. The quantitative estimate of drug-likeness (QED) is 0.124. The van der Waals surface area contributed by atoms with Crippen molar-refractivity contribution in [2.24, 2.45) is 0 Å². The number of anilines is 2. The summed E-state index contributed by atoms with van der Waals surface area (Å²) in [7, 11) is -0.833. The number of amides is 1. The molecule has 1 amide bonds. The third-order valence-corrected chi connectivity index (χ3v) is 12.7. The first-order valence-electron chi connectivity index (χ1n) is 21.0. The Hall–Kier alpha value is -5.98. The molecule has 13 nitrogen and oxygen atoms in total. The van der Waals surface area contributed by atoms with Crippen molar-refractivity contribution >= 4 is 38.3 Å². The van der Waals surface area contributed by atoms with Gasteiger partial charge in [-0.05, 0) is 94.5 Å². The molecule has 0 aliphatic carbocycles. The maximum absolute atomic E-state index is 17.7. The smallest absolute Gasteiger partial charge is 0.417 e. The number of nitrogens with zero attached hydrogens (tertiary/aromatic N) is 6. The maximum Gasteiger partial charge on any atom is 0.417 e. The molecule has 2 aromatic heterocycles. The summed E-state index contributed by atoms with van der Waals surface area (Å²) in [4.78, 5) is 32.2. The number of fused-ring (bicyclic) bond motifs is 5. The Bertz CT molecular complexity index is 2720. The van der Waals surface area contributed by atoms with Gasteiger partial charge in [-0.2, -0.15) is 13.2 Å². The molecule has 65 heavy (non-hydrogen) atoms. The van der Waals surface area contributed by atoms with Gasteiger partial charge in [0.25, 0.3) is 0 Å².